The number of unbranched alkanes of at least 4 members (excludes halogenated alkanes) is 1. The lowest BCUT2D eigenvalue weighted by atomic mass is 10.2. The summed E-state index contributed by atoms with van der Waals surface area (Å²) in [6.45, 7) is 4.84. The molecule has 6 heteroatoms. The number of benzene rings is 1. The minimum Gasteiger partial charge on any atom is -0.381 e. The maximum atomic E-state index is 10.9. The summed E-state index contributed by atoms with van der Waals surface area (Å²) < 4.78 is 5.44. The van der Waals surface area contributed by atoms with Crippen LogP contribution in [0.5, 0.6) is 0 Å². The maximum absolute atomic E-state index is 10.9. The van der Waals surface area contributed by atoms with Gasteiger partial charge in [-0.15, -0.1) is 0 Å². The molecular weight excluding hydrogens is 280 g/mol. The molecule has 0 saturated carbocycles. The topological polar surface area (TPSA) is 64.4 Å². The van der Waals surface area contributed by atoms with E-state index in [2.05, 4.69) is 12.2 Å². The Labute approximate surface area is 124 Å². The molecule has 0 radical (unpaired) electrons. The fourth-order valence-electron chi connectivity index (χ4n) is 1.74. The summed E-state index contributed by atoms with van der Waals surface area (Å²) in [6.07, 6.45) is 3.11. The number of hydrogen-bond donors (Lipinski definition) is 1. The van der Waals surface area contributed by atoms with E-state index in [0.717, 1.165) is 32.4 Å². The van der Waals surface area contributed by atoms with E-state index in [1.807, 2.05) is 0 Å². The molecule has 1 rings (SSSR count). The summed E-state index contributed by atoms with van der Waals surface area (Å²) in [6, 6.07) is 4.60. The quantitative estimate of drug-likeness (QED) is 0.408. The van der Waals surface area contributed by atoms with Gasteiger partial charge >= 0.3 is 0 Å². The second-order valence-corrected chi connectivity index (χ2v) is 4.96. The Bertz CT molecular complexity index is 427. The van der Waals surface area contributed by atoms with Gasteiger partial charge < -0.3 is 10.1 Å². The largest absolute Gasteiger partial charge is 0.381 e. The number of hydrogen-bond acceptors (Lipinski definition) is 4. The van der Waals surface area contributed by atoms with Crippen molar-refractivity contribution in [2.75, 3.05) is 19.8 Å². The van der Waals surface area contributed by atoms with Crippen molar-refractivity contribution < 1.29 is 9.66 Å². The lowest BCUT2D eigenvalue weighted by Gasteiger charge is -2.07. The lowest BCUT2D eigenvalue weighted by molar-refractivity contribution is -0.385. The molecular formula is C14H21ClN2O3. The molecule has 0 spiro atoms. The Balaban J connectivity index is 2.28. The summed E-state index contributed by atoms with van der Waals surface area (Å²) in [5, 5.41) is 14.6. The fraction of sp³-hybridized carbons (Fsp3) is 0.571. The first kappa shape index (κ1) is 16.9. The Kier molecular flexibility index (Phi) is 8.18. The van der Waals surface area contributed by atoms with Crippen LogP contribution in [-0.4, -0.2) is 24.7 Å². The van der Waals surface area contributed by atoms with E-state index in [0.29, 0.717) is 23.7 Å². The highest BCUT2D eigenvalue weighted by atomic mass is 35.5. The molecule has 0 bridgehead atoms. The first-order valence-corrected chi connectivity index (χ1v) is 7.24. The van der Waals surface area contributed by atoms with Gasteiger partial charge in [-0.2, -0.15) is 0 Å². The van der Waals surface area contributed by atoms with Gasteiger partial charge in [-0.1, -0.05) is 24.9 Å². The molecule has 0 heterocycles. The Morgan fingerprint density at radius 2 is 2.10 bits per heavy atom. The predicted molar refractivity (Wildman–Crippen MR) is 80.2 cm³/mol. The van der Waals surface area contributed by atoms with Crippen LogP contribution in [0.15, 0.2) is 18.2 Å². The van der Waals surface area contributed by atoms with E-state index in [1.54, 1.807) is 6.07 Å². The fourth-order valence-corrected chi connectivity index (χ4v) is 1.94. The first-order valence-electron chi connectivity index (χ1n) is 6.86. The van der Waals surface area contributed by atoms with E-state index in [9.17, 15) is 10.1 Å². The normalized spacial score (nSPS) is 10.7. The Morgan fingerprint density at radius 1 is 1.35 bits per heavy atom. The average Bonchev–Trinajstić information content (AvgIpc) is 2.41. The molecule has 5 nitrogen and oxygen atoms in total. The maximum Gasteiger partial charge on any atom is 0.273 e. The Morgan fingerprint density at radius 3 is 2.80 bits per heavy atom. The van der Waals surface area contributed by atoms with Gasteiger partial charge in [-0.05, 0) is 31.5 Å². The van der Waals surface area contributed by atoms with Gasteiger partial charge in [-0.25, -0.2) is 0 Å². The van der Waals surface area contributed by atoms with Crippen LogP contribution in [0.25, 0.3) is 0 Å². The third-order valence-electron chi connectivity index (χ3n) is 2.84. The summed E-state index contributed by atoms with van der Waals surface area (Å²) in [7, 11) is 0. The summed E-state index contributed by atoms with van der Waals surface area (Å²) in [4.78, 5) is 10.5. The molecule has 0 unspecified atom stereocenters. The van der Waals surface area contributed by atoms with Crippen molar-refractivity contribution in [3.8, 4) is 0 Å². The molecule has 0 aliphatic carbocycles. The number of ether oxygens (including phenoxy) is 1. The highest BCUT2D eigenvalue weighted by molar-refractivity contribution is 6.30. The van der Waals surface area contributed by atoms with E-state index in [4.69, 9.17) is 16.3 Å². The second-order valence-electron chi connectivity index (χ2n) is 4.53. The molecule has 0 aliphatic rings. The van der Waals surface area contributed by atoms with Crippen molar-refractivity contribution in [1.29, 1.82) is 0 Å². The summed E-state index contributed by atoms with van der Waals surface area (Å²) in [5.74, 6) is 0. The minimum atomic E-state index is -0.388. The van der Waals surface area contributed by atoms with Gasteiger partial charge in [0.25, 0.3) is 5.69 Å². The molecule has 0 fully saturated rings. The third-order valence-corrected chi connectivity index (χ3v) is 3.07. The van der Waals surface area contributed by atoms with Crippen molar-refractivity contribution in [3.05, 3.63) is 38.9 Å². The molecule has 0 atom stereocenters. The van der Waals surface area contributed by atoms with Gasteiger partial charge in [-0.3, -0.25) is 10.1 Å². The molecule has 1 aromatic carbocycles. The van der Waals surface area contributed by atoms with Gasteiger partial charge in [0.1, 0.15) is 0 Å². The van der Waals surface area contributed by atoms with Crippen LogP contribution in [0.1, 0.15) is 31.7 Å². The number of halogens is 1. The third kappa shape index (κ3) is 6.32. The van der Waals surface area contributed by atoms with Crippen molar-refractivity contribution in [2.45, 2.75) is 32.7 Å². The highest BCUT2D eigenvalue weighted by Gasteiger charge is 2.12. The van der Waals surface area contributed by atoms with E-state index in [-0.39, 0.29) is 10.6 Å². The van der Waals surface area contributed by atoms with Crippen molar-refractivity contribution >= 4 is 17.3 Å². The van der Waals surface area contributed by atoms with Crippen LogP contribution < -0.4 is 5.32 Å². The number of nitro benzene ring substituents is 1. The number of nitrogens with one attached hydrogen (secondary N) is 1. The van der Waals surface area contributed by atoms with Crippen molar-refractivity contribution in [1.82, 2.24) is 5.32 Å². The van der Waals surface area contributed by atoms with Crippen LogP contribution in [0, 0.1) is 10.1 Å². The van der Waals surface area contributed by atoms with Crippen LogP contribution in [-0.2, 0) is 11.3 Å². The summed E-state index contributed by atoms with van der Waals surface area (Å²) in [5.41, 5.74) is 0.704. The SMILES string of the molecule is CCCCOCCCNCc1cc(Cl)ccc1[N+](=O)[O-]. The van der Waals surface area contributed by atoms with Gasteiger partial charge in [0, 0.05) is 36.4 Å². The van der Waals surface area contributed by atoms with Gasteiger partial charge in [0.05, 0.1) is 4.92 Å². The molecule has 0 saturated heterocycles. The lowest BCUT2D eigenvalue weighted by Crippen LogP contribution is -2.17. The van der Waals surface area contributed by atoms with Crippen LogP contribution in [0.3, 0.4) is 0 Å². The second kappa shape index (κ2) is 9.69. The molecule has 20 heavy (non-hydrogen) atoms. The number of nitrogens with zero attached hydrogens (tertiary/aromatic N) is 1. The molecule has 1 aromatic rings. The number of nitro groups is 1. The van der Waals surface area contributed by atoms with Crippen molar-refractivity contribution in [3.63, 3.8) is 0 Å². The van der Waals surface area contributed by atoms with Crippen LogP contribution in [0.4, 0.5) is 5.69 Å². The standard InChI is InChI=1S/C14H21ClN2O3/c1-2-3-8-20-9-4-7-16-11-12-10-13(15)5-6-14(12)17(18)19/h5-6,10,16H,2-4,7-9,11H2,1H3. The number of rotatable bonds is 10. The highest BCUT2D eigenvalue weighted by Crippen LogP contribution is 2.22. The predicted octanol–water partition coefficient (Wildman–Crippen LogP) is 3.54. The first-order chi connectivity index (χ1) is 9.65. The van der Waals surface area contributed by atoms with E-state index >= 15 is 0 Å². The van der Waals surface area contributed by atoms with Crippen LogP contribution in [0.2, 0.25) is 5.02 Å². The smallest absolute Gasteiger partial charge is 0.273 e. The van der Waals surface area contributed by atoms with E-state index < -0.39 is 0 Å². The van der Waals surface area contributed by atoms with Crippen molar-refractivity contribution in [2.24, 2.45) is 0 Å². The average molecular weight is 301 g/mol. The summed E-state index contributed by atoms with van der Waals surface area (Å²) >= 11 is 5.86. The molecule has 0 amide bonds. The molecule has 0 aliphatic heterocycles. The zero-order valence-electron chi connectivity index (χ0n) is 11.7. The molecule has 112 valence electrons. The monoisotopic (exact) mass is 300 g/mol. The minimum absolute atomic E-state index is 0.0982. The van der Waals surface area contributed by atoms with Gasteiger partial charge in [0.15, 0.2) is 0 Å². The zero-order chi connectivity index (χ0) is 14.8. The van der Waals surface area contributed by atoms with E-state index in [1.165, 1.54) is 12.1 Å². The zero-order valence-corrected chi connectivity index (χ0v) is 12.5. The molecule has 1 N–H and O–H groups in total. The molecule has 0 aromatic heterocycles. The van der Waals surface area contributed by atoms with Crippen LogP contribution >= 0.6 is 11.6 Å². The van der Waals surface area contributed by atoms with Gasteiger partial charge in [0.2, 0.25) is 0 Å². The Hall–Kier alpha value is -1.17.